The predicted molar refractivity (Wildman–Crippen MR) is 103 cm³/mol. The average molecular weight is 385 g/mol. The van der Waals surface area contributed by atoms with E-state index in [0.717, 1.165) is 16.1 Å². The highest BCUT2D eigenvalue weighted by atomic mass is 32.1. The van der Waals surface area contributed by atoms with Crippen molar-refractivity contribution in [2.45, 2.75) is 19.5 Å². The molecular formula is C19H16FN3OS2. The maximum atomic E-state index is 13.3. The summed E-state index contributed by atoms with van der Waals surface area (Å²) in [7, 11) is 0. The van der Waals surface area contributed by atoms with Crippen LogP contribution in [0.1, 0.15) is 27.9 Å². The molecule has 3 aromatic heterocycles. The molecule has 0 spiro atoms. The summed E-state index contributed by atoms with van der Waals surface area (Å²) >= 11 is 3.09. The first-order chi connectivity index (χ1) is 12.6. The van der Waals surface area contributed by atoms with Crippen molar-refractivity contribution in [2.75, 3.05) is 0 Å². The van der Waals surface area contributed by atoms with Gasteiger partial charge in [0.15, 0.2) is 4.96 Å². The Hall–Kier alpha value is -2.35. The van der Waals surface area contributed by atoms with Gasteiger partial charge < -0.3 is 0 Å². The maximum Gasteiger partial charge on any atom is 0.259 e. The zero-order valence-corrected chi connectivity index (χ0v) is 15.6. The van der Waals surface area contributed by atoms with Gasteiger partial charge in [-0.15, -0.1) is 22.7 Å². The Balaban J connectivity index is 1.63. The molecule has 0 aliphatic heterocycles. The normalized spacial score (nSPS) is 12.5. The number of aryl methyl sites for hydroxylation is 1. The van der Waals surface area contributed by atoms with Crippen LogP contribution in [0.25, 0.3) is 4.96 Å². The van der Waals surface area contributed by atoms with Crippen LogP contribution in [0.3, 0.4) is 0 Å². The van der Waals surface area contributed by atoms with E-state index in [1.807, 2.05) is 29.8 Å². The van der Waals surface area contributed by atoms with Crippen LogP contribution in [0, 0.1) is 12.7 Å². The molecule has 0 saturated heterocycles. The molecule has 1 aromatic carbocycles. The van der Waals surface area contributed by atoms with E-state index in [9.17, 15) is 9.18 Å². The van der Waals surface area contributed by atoms with E-state index in [-0.39, 0.29) is 17.4 Å². The highest BCUT2D eigenvalue weighted by Gasteiger charge is 2.16. The van der Waals surface area contributed by atoms with Gasteiger partial charge in [-0.3, -0.25) is 14.5 Å². The van der Waals surface area contributed by atoms with Crippen molar-refractivity contribution < 1.29 is 4.39 Å². The fourth-order valence-corrected chi connectivity index (χ4v) is 4.61. The van der Waals surface area contributed by atoms with Gasteiger partial charge in [-0.1, -0.05) is 18.2 Å². The molecule has 0 radical (unpaired) electrons. The minimum atomic E-state index is -0.258. The monoisotopic (exact) mass is 385 g/mol. The number of aromatic nitrogens is 2. The summed E-state index contributed by atoms with van der Waals surface area (Å²) in [4.78, 5) is 18.7. The summed E-state index contributed by atoms with van der Waals surface area (Å²) in [5, 5.41) is 7.39. The summed E-state index contributed by atoms with van der Waals surface area (Å²) in [6.45, 7) is 2.34. The standard InChI is InChI=1S/C19H16FN3OS2/c1-12-11-26-19-22-15(9-17(24)23(12)19)10-21-18(16-3-2-8-25-16)13-4-6-14(20)7-5-13/h2-9,11,18,21H,10H2,1H3/t18-/m1/s1. The molecule has 0 amide bonds. The van der Waals surface area contributed by atoms with Gasteiger partial charge in [0.25, 0.3) is 5.56 Å². The van der Waals surface area contributed by atoms with Crippen molar-refractivity contribution in [3.05, 3.63) is 91.2 Å². The molecule has 26 heavy (non-hydrogen) atoms. The third-order valence-corrected chi connectivity index (χ3v) is 6.03. The van der Waals surface area contributed by atoms with Gasteiger partial charge in [0.05, 0.1) is 11.7 Å². The van der Waals surface area contributed by atoms with Crippen molar-refractivity contribution in [3.8, 4) is 0 Å². The summed E-state index contributed by atoms with van der Waals surface area (Å²) in [6, 6.07) is 12.0. The summed E-state index contributed by atoms with van der Waals surface area (Å²) < 4.78 is 14.9. The van der Waals surface area contributed by atoms with Crippen LogP contribution in [0.5, 0.6) is 0 Å². The number of fused-ring (bicyclic) bond motifs is 1. The van der Waals surface area contributed by atoms with Crippen molar-refractivity contribution in [1.82, 2.24) is 14.7 Å². The minimum absolute atomic E-state index is 0.0694. The number of rotatable bonds is 5. The van der Waals surface area contributed by atoms with E-state index in [4.69, 9.17) is 0 Å². The van der Waals surface area contributed by atoms with Crippen LogP contribution in [0.4, 0.5) is 4.39 Å². The number of thiazole rings is 1. The van der Waals surface area contributed by atoms with Crippen molar-refractivity contribution in [1.29, 1.82) is 0 Å². The lowest BCUT2D eigenvalue weighted by atomic mass is 10.1. The molecule has 132 valence electrons. The lowest BCUT2D eigenvalue weighted by Crippen LogP contribution is -2.24. The van der Waals surface area contributed by atoms with Crippen LogP contribution >= 0.6 is 22.7 Å². The molecule has 4 aromatic rings. The number of hydrogen-bond acceptors (Lipinski definition) is 5. The summed E-state index contributed by atoms with van der Waals surface area (Å²) in [6.07, 6.45) is 0. The Morgan fingerprint density at radius 3 is 2.77 bits per heavy atom. The Labute approximate surface area is 157 Å². The molecule has 0 saturated carbocycles. The minimum Gasteiger partial charge on any atom is -0.300 e. The Bertz CT molecular complexity index is 1080. The van der Waals surface area contributed by atoms with E-state index in [0.29, 0.717) is 17.2 Å². The molecule has 1 atom stereocenters. The Morgan fingerprint density at radius 2 is 2.04 bits per heavy atom. The molecule has 7 heteroatoms. The SMILES string of the molecule is Cc1csc2nc(CN[C@H](c3ccc(F)cc3)c3cccs3)cc(=O)n12. The summed E-state index contributed by atoms with van der Waals surface area (Å²) in [5.74, 6) is -0.258. The topological polar surface area (TPSA) is 46.4 Å². The van der Waals surface area contributed by atoms with Crippen molar-refractivity contribution >= 4 is 27.6 Å². The van der Waals surface area contributed by atoms with E-state index in [2.05, 4.69) is 10.3 Å². The van der Waals surface area contributed by atoms with Crippen molar-refractivity contribution in [2.24, 2.45) is 0 Å². The van der Waals surface area contributed by atoms with Gasteiger partial charge in [-0.2, -0.15) is 0 Å². The van der Waals surface area contributed by atoms with Crippen molar-refractivity contribution in [3.63, 3.8) is 0 Å². The molecule has 3 heterocycles. The second kappa shape index (κ2) is 7.11. The zero-order chi connectivity index (χ0) is 18.1. The number of benzene rings is 1. The quantitative estimate of drug-likeness (QED) is 0.562. The third-order valence-electron chi connectivity index (χ3n) is 4.15. The maximum absolute atomic E-state index is 13.3. The van der Waals surface area contributed by atoms with Gasteiger partial charge in [0.1, 0.15) is 5.82 Å². The number of nitrogens with one attached hydrogen (secondary N) is 1. The highest BCUT2D eigenvalue weighted by Crippen LogP contribution is 2.26. The molecule has 4 rings (SSSR count). The second-order valence-electron chi connectivity index (χ2n) is 5.96. The molecule has 0 unspecified atom stereocenters. The first kappa shape index (κ1) is 17.1. The third kappa shape index (κ3) is 3.33. The first-order valence-corrected chi connectivity index (χ1v) is 9.87. The fraction of sp³-hybridized carbons (Fsp3) is 0.158. The molecule has 0 bridgehead atoms. The van der Waals surface area contributed by atoms with E-state index in [1.165, 1.54) is 23.5 Å². The van der Waals surface area contributed by atoms with Crippen LogP contribution in [-0.4, -0.2) is 9.38 Å². The highest BCUT2D eigenvalue weighted by molar-refractivity contribution is 7.15. The molecule has 0 aliphatic carbocycles. The van der Waals surface area contributed by atoms with Gasteiger partial charge in [-0.25, -0.2) is 9.37 Å². The average Bonchev–Trinajstić information content (AvgIpc) is 3.27. The molecular weight excluding hydrogens is 369 g/mol. The number of hydrogen-bond donors (Lipinski definition) is 1. The fourth-order valence-electron chi connectivity index (χ4n) is 2.89. The van der Waals surface area contributed by atoms with Gasteiger partial charge >= 0.3 is 0 Å². The lowest BCUT2D eigenvalue weighted by Gasteiger charge is -2.18. The number of nitrogens with zero attached hydrogens (tertiary/aromatic N) is 2. The largest absolute Gasteiger partial charge is 0.300 e. The second-order valence-corrected chi connectivity index (χ2v) is 7.78. The molecule has 1 N–H and O–H groups in total. The zero-order valence-electron chi connectivity index (χ0n) is 14.0. The van der Waals surface area contributed by atoms with Crippen LogP contribution in [-0.2, 0) is 6.54 Å². The molecule has 0 fully saturated rings. The van der Waals surface area contributed by atoms with Gasteiger partial charge in [-0.05, 0) is 36.1 Å². The molecule has 4 nitrogen and oxygen atoms in total. The van der Waals surface area contributed by atoms with Crippen LogP contribution in [0.15, 0.2) is 58.0 Å². The van der Waals surface area contributed by atoms with Crippen LogP contribution in [0.2, 0.25) is 0 Å². The van der Waals surface area contributed by atoms with E-state index < -0.39 is 0 Å². The van der Waals surface area contributed by atoms with Gasteiger partial charge in [0.2, 0.25) is 0 Å². The van der Waals surface area contributed by atoms with E-state index >= 15 is 0 Å². The first-order valence-electron chi connectivity index (χ1n) is 8.11. The van der Waals surface area contributed by atoms with Gasteiger partial charge in [0, 0.05) is 28.6 Å². The Kier molecular flexibility index (Phi) is 4.67. The Morgan fingerprint density at radius 1 is 1.23 bits per heavy atom. The van der Waals surface area contributed by atoms with E-state index in [1.54, 1.807) is 33.9 Å². The smallest absolute Gasteiger partial charge is 0.259 e. The summed E-state index contributed by atoms with van der Waals surface area (Å²) in [5.41, 5.74) is 2.49. The number of halogens is 1. The predicted octanol–water partition coefficient (Wildman–Crippen LogP) is 4.14. The lowest BCUT2D eigenvalue weighted by molar-refractivity contribution is 0.597. The number of thiophene rings is 1. The van der Waals surface area contributed by atoms with Crippen LogP contribution < -0.4 is 10.9 Å². The molecule has 0 aliphatic rings.